The van der Waals surface area contributed by atoms with Crippen molar-refractivity contribution < 1.29 is 9.90 Å². The van der Waals surface area contributed by atoms with Crippen molar-refractivity contribution in [2.75, 3.05) is 20.6 Å². The molecule has 0 aliphatic heterocycles. The zero-order valence-corrected chi connectivity index (χ0v) is 15.5. The van der Waals surface area contributed by atoms with Crippen molar-refractivity contribution in [3.63, 3.8) is 0 Å². The standard InChI is InChI=1S/C21H23NO2S/c1-22(2)13-5-8-18-17-7-4-3-6-15(17)9-11-20-19(18)14-16(25-20)10-12-21(23)24/h3-4,6-8,10,12,14H,5,9,11,13H2,1-2H3,(H,23,24)/b12-10+,18-8-. The number of hydrogen-bond acceptors (Lipinski definition) is 3. The zero-order chi connectivity index (χ0) is 17.8. The molecule has 1 aliphatic rings. The first-order chi connectivity index (χ1) is 12.0. The molecule has 1 aliphatic carbocycles. The number of benzene rings is 1. The number of carboxylic acid groups (broad SMARTS) is 1. The Morgan fingerprint density at radius 2 is 2.04 bits per heavy atom. The molecule has 2 aromatic rings. The van der Waals surface area contributed by atoms with Crippen LogP contribution >= 0.6 is 11.3 Å². The maximum absolute atomic E-state index is 10.8. The first kappa shape index (κ1) is 17.6. The Balaban J connectivity index is 2.03. The van der Waals surface area contributed by atoms with Gasteiger partial charge in [0.2, 0.25) is 0 Å². The summed E-state index contributed by atoms with van der Waals surface area (Å²) in [6.07, 6.45) is 8.27. The first-order valence-electron chi connectivity index (χ1n) is 8.52. The minimum Gasteiger partial charge on any atom is -0.478 e. The van der Waals surface area contributed by atoms with Crippen LogP contribution in [0.5, 0.6) is 0 Å². The van der Waals surface area contributed by atoms with Crippen molar-refractivity contribution in [1.29, 1.82) is 0 Å². The van der Waals surface area contributed by atoms with E-state index in [1.165, 1.54) is 33.2 Å². The minimum atomic E-state index is -0.907. The molecule has 130 valence electrons. The maximum Gasteiger partial charge on any atom is 0.328 e. The van der Waals surface area contributed by atoms with Crippen LogP contribution in [0, 0.1) is 0 Å². The SMILES string of the molecule is CN(C)CC/C=C1/c2ccccc2CCc2sc(/C=C/C(=O)O)cc21. The van der Waals surface area contributed by atoms with E-state index < -0.39 is 5.97 Å². The molecule has 3 nitrogen and oxygen atoms in total. The van der Waals surface area contributed by atoms with Crippen LogP contribution in [0.4, 0.5) is 0 Å². The van der Waals surface area contributed by atoms with Crippen LogP contribution in [-0.2, 0) is 17.6 Å². The number of hydrogen-bond donors (Lipinski definition) is 1. The predicted molar refractivity (Wildman–Crippen MR) is 105 cm³/mol. The van der Waals surface area contributed by atoms with Gasteiger partial charge in [-0.15, -0.1) is 11.3 Å². The highest BCUT2D eigenvalue weighted by atomic mass is 32.1. The molecule has 0 amide bonds. The van der Waals surface area contributed by atoms with Gasteiger partial charge in [0, 0.05) is 22.4 Å². The molecule has 4 heteroatoms. The summed E-state index contributed by atoms with van der Waals surface area (Å²) < 4.78 is 0. The van der Waals surface area contributed by atoms with Crippen LogP contribution in [0.15, 0.2) is 42.5 Å². The summed E-state index contributed by atoms with van der Waals surface area (Å²) in [7, 11) is 4.18. The molecule has 0 saturated carbocycles. The third-order valence-corrected chi connectivity index (χ3v) is 5.52. The Labute approximate surface area is 152 Å². The van der Waals surface area contributed by atoms with Crippen molar-refractivity contribution in [2.24, 2.45) is 0 Å². The lowest BCUT2D eigenvalue weighted by molar-refractivity contribution is -0.131. The number of carboxylic acids is 1. The summed E-state index contributed by atoms with van der Waals surface area (Å²) >= 11 is 1.70. The third-order valence-electron chi connectivity index (χ3n) is 4.36. The minimum absolute atomic E-state index is 0.907. The van der Waals surface area contributed by atoms with Crippen LogP contribution in [-0.4, -0.2) is 36.6 Å². The van der Waals surface area contributed by atoms with Gasteiger partial charge in [0.15, 0.2) is 0 Å². The molecule has 0 fully saturated rings. The van der Waals surface area contributed by atoms with Gasteiger partial charge in [0.1, 0.15) is 0 Å². The lowest BCUT2D eigenvalue weighted by Crippen LogP contribution is -2.12. The van der Waals surface area contributed by atoms with E-state index in [0.717, 1.165) is 30.7 Å². The highest BCUT2D eigenvalue weighted by Gasteiger charge is 2.20. The van der Waals surface area contributed by atoms with E-state index in [4.69, 9.17) is 5.11 Å². The smallest absolute Gasteiger partial charge is 0.328 e. The predicted octanol–water partition coefficient (Wildman–Crippen LogP) is 4.33. The van der Waals surface area contributed by atoms with Gasteiger partial charge in [-0.3, -0.25) is 0 Å². The monoisotopic (exact) mass is 353 g/mol. The van der Waals surface area contributed by atoms with Gasteiger partial charge in [-0.25, -0.2) is 4.79 Å². The Bertz CT molecular complexity index is 830. The highest BCUT2D eigenvalue weighted by molar-refractivity contribution is 7.13. The second kappa shape index (κ2) is 7.81. The Morgan fingerprint density at radius 1 is 1.24 bits per heavy atom. The molecule has 1 aromatic carbocycles. The molecule has 3 rings (SSSR count). The fourth-order valence-electron chi connectivity index (χ4n) is 3.18. The van der Waals surface area contributed by atoms with E-state index in [2.05, 4.69) is 55.4 Å². The van der Waals surface area contributed by atoms with Crippen LogP contribution in [0.1, 0.15) is 32.9 Å². The van der Waals surface area contributed by atoms with E-state index in [9.17, 15) is 4.79 Å². The average Bonchev–Trinajstić information content (AvgIpc) is 2.92. The summed E-state index contributed by atoms with van der Waals surface area (Å²) in [5.74, 6) is -0.907. The van der Waals surface area contributed by atoms with Crippen LogP contribution in [0.3, 0.4) is 0 Å². The summed E-state index contributed by atoms with van der Waals surface area (Å²) in [4.78, 5) is 15.3. The van der Waals surface area contributed by atoms with E-state index in [-0.39, 0.29) is 0 Å². The van der Waals surface area contributed by atoms with Crippen LogP contribution < -0.4 is 0 Å². The molecule has 1 heterocycles. The summed E-state index contributed by atoms with van der Waals surface area (Å²) in [6.45, 7) is 1.01. The van der Waals surface area contributed by atoms with Gasteiger partial charge in [-0.05, 0) is 67.8 Å². The number of nitrogens with zero attached hydrogens (tertiary/aromatic N) is 1. The van der Waals surface area contributed by atoms with Crippen molar-refractivity contribution >= 4 is 29.0 Å². The maximum atomic E-state index is 10.8. The van der Waals surface area contributed by atoms with E-state index in [1.807, 2.05) is 0 Å². The second-order valence-electron chi connectivity index (χ2n) is 6.52. The number of aryl methyl sites for hydroxylation is 2. The molecule has 0 spiro atoms. The molecule has 0 unspecified atom stereocenters. The average molecular weight is 353 g/mol. The zero-order valence-electron chi connectivity index (χ0n) is 14.7. The summed E-state index contributed by atoms with van der Waals surface area (Å²) in [6, 6.07) is 10.8. The fraction of sp³-hybridized carbons (Fsp3) is 0.286. The first-order valence-corrected chi connectivity index (χ1v) is 9.33. The quantitative estimate of drug-likeness (QED) is 0.814. The molecule has 0 radical (unpaired) electrons. The van der Waals surface area contributed by atoms with Crippen LogP contribution in [0.25, 0.3) is 11.6 Å². The molecule has 1 aromatic heterocycles. The number of rotatable bonds is 5. The molecular formula is C21H23NO2S. The van der Waals surface area contributed by atoms with Gasteiger partial charge in [0.25, 0.3) is 0 Å². The number of aliphatic carboxylic acids is 1. The van der Waals surface area contributed by atoms with Crippen molar-refractivity contribution in [3.8, 4) is 0 Å². The Morgan fingerprint density at radius 3 is 2.80 bits per heavy atom. The molecule has 0 saturated heterocycles. The van der Waals surface area contributed by atoms with Crippen molar-refractivity contribution in [1.82, 2.24) is 4.90 Å². The highest BCUT2D eigenvalue weighted by Crippen LogP contribution is 2.38. The van der Waals surface area contributed by atoms with Gasteiger partial charge < -0.3 is 10.0 Å². The Hall–Kier alpha value is -2.17. The lowest BCUT2D eigenvalue weighted by atomic mass is 9.95. The lowest BCUT2D eigenvalue weighted by Gasteiger charge is -2.11. The summed E-state index contributed by atoms with van der Waals surface area (Å²) in [5.41, 5.74) is 5.26. The van der Waals surface area contributed by atoms with Crippen molar-refractivity contribution in [2.45, 2.75) is 19.3 Å². The number of carbonyl (C=O) groups is 1. The van der Waals surface area contributed by atoms with Crippen molar-refractivity contribution in [3.05, 3.63) is 68.9 Å². The van der Waals surface area contributed by atoms with Gasteiger partial charge in [0.05, 0.1) is 0 Å². The third kappa shape index (κ3) is 4.27. The normalized spacial score (nSPS) is 15.4. The topological polar surface area (TPSA) is 40.5 Å². The van der Waals surface area contributed by atoms with Gasteiger partial charge in [-0.1, -0.05) is 30.3 Å². The van der Waals surface area contributed by atoms with Gasteiger partial charge >= 0.3 is 5.97 Å². The second-order valence-corrected chi connectivity index (χ2v) is 7.69. The van der Waals surface area contributed by atoms with Gasteiger partial charge in [-0.2, -0.15) is 0 Å². The number of fused-ring (bicyclic) bond motifs is 2. The van der Waals surface area contributed by atoms with E-state index in [1.54, 1.807) is 17.4 Å². The molecule has 25 heavy (non-hydrogen) atoms. The summed E-state index contributed by atoms with van der Waals surface area (Å²) in [5, 5.41) is 8.87. The Kier molecular flexibility index (Phi) is 5.51. The van der Waals surface area contributed by atoms with E-state index >= 15 is 0 Å². The fourth-order valence-corrected chi connectivity index (χ4v) is 4.26. The largest absolute Gasteiger partial charge is 0.478 e. The molecular weight excluding hydrogens is 330 g/mol. The molecule has 1 N–H and O–H groups in total. The molecule has 0 bridgehead atoms. The van der Waals surface area contributed by atoms with E-state index in [0.29, 0.717) is 0 Å². The molecule has 0 atom stereocenters. The van der Waals surface area contributed by atoms with Crippen LogP contribution in [0.2, 0.25) is 0 Å². The number of thiophene rings is 1.